The van der Waals surface area contributed by atoms with Crippen molar-refractivity contribution in [2.24, 2.45) is 5.41 Å². The quantitative estimate of drug-likeness (QED) is 0.899. The molecule has 1 N–H and O–H groups in total. The lowest BCUT2D eigenvalue weighted by Gasteiger charge is -2.28. The second-order valence-corrected chi connectivity index (χ2v) is 7.08. The Morgan fingerprint density at radius 1 is 1.43 bits per heavy atom. The highest BCUT2D eigenvalue weighted by atomic mass is 79.9. The van der Waals surface area contributed by atoms with E-state index in [0.717, 1.165) is 22.9 Å². The molecule has 2 rings (SSSR count). The second kappa shape index (κ2) is 6.18. The lowest BCUT2D eigenvalue weighted by molar-refractivity contribution is -0.151. The van der Waals surface area contributed by atoms with Crippen LogP contribution in [0.25, 0.3) is 0 Å². The number of carboxylic acids is 1. The van der Waals surface area contributed by atoms with Gasteiger partial charge in [0.05, 0.1) is 11.5 Å². The van der Waals surface area contributed by atoms with Crippen molar-refractivity contribution in [3.8, 4) is 0 Å². The molecule has 0 aliphatic carbocycles. The first-order valence-corrected chi connectivity index (χ1v) is 7.89. The molecule has 0 radical (unpaired) electrons. The number of nitrogens with zero attached hydrogens (tertiary/aromatic N) is 1. The summed E-state index contributed by atoms with van der Waals surface area (Å²) in [5.41, 5.74) is 0.0740. The third-order valence-corrected chi connectivity index (χ3v) is 4.47. The number of aliphatic carboxylic acids is 1. The molecule has 4 nitrogen and oxygen atoms in total. The Morgan fingerprint density at radius 3 is 2.76 bits per heavy atom. The maximum Gasteiger partial charge on any atom is 0.309 e. The number of benzene rings is 1. The Balaban J connectivity index is 2.15. The predicted molar refractivity (Wildman–Crippen MR) is 83.9 cm³/mol. The summed E-state index contributed by atoms with van der Waals surface area (Å²) in [4.78, 5) is 25.5. The van der Waals surface area contributed by atoms with Crippen molar-refractivity contribution in [2.75, 3.05) is 6.54 Å². The van der Waals surface area contributed by atoms with Gasteiger partial charge in [-0.15, -0.1) is 0 Å². The average Bonchev–Trinajstić information content (AvgIpc) is 2.87. The minimum Gasteiger partial charge on any atom is -0.481 e. The fourth-order valence-electron chi connectivity index (χ4n) is 2.68. The van der Waals surface area contributed by atoms with E-state index in [-0.39, 0.29) is 18.4 Å². The first-order chi connectivity index (χ1) is 9.81. The molecule has 1 amide bonds. The van der Waals surface area contributed by atoms with Crippen LogP contribution in [0.3, 0.4) is 0 Å². The van der Waals surface area contributed by atoms with Gasteiger partial charge in [0.1, 0.15) is 0 Å². The zero-order chi connectivity index (χ0) is 15.6. The zero-order valence-corrected chi connectivity index (χ0v) is 13.9. The maximum absolute atomic E-state index is 12.5. The van der Waals surface area contributed by atoms with E-state index in [1.807, 2.05) is 29.2 Å². The van der Waals surface area contributed by atoms with E-state index in [0.29, 0.717) is 6.54 Å². The minimum absolute atomic E-state index is 0.0346. The van der Waals surface area contributed by atoms with Crippen LogP contribution in [0.2, 0.25) is 0 Å². The largest absolute Gasteiger partial charge is 0.481 e. The van der Waals surface area contributed by atoms with Crippen molar-refractivity contribution in [1.82, 2.24) is 4.90 Å². The van der Waals surface area contributed by atoms with E-state index in [1.165, 1.54) is 0 Å². The van der Waals surface area contributed by atoms with Crippen molar-refractivity contribution in [3.63, 3.8) is 0 Å². The molecule has 0 saturated carbocycles. The lowest BCUT2D eigenvalue weighted by atomic mass is 9.88. The van der Waals surface area contributed by atoms with Gasteiger partial charge in [-0.05, 0) is 44.4 Å². The molecule has 1 aliphatic rings. The highest BCUT2D eigenvalue weighted by Gasteiger charge is 2.36. The van der Waals surface area contributed by atoms with Crippen LogP contribution in [0, 0.1) is 5.41 Å². The van der Waals surface area contributed by atoms with Crippen molar-refractivity contribution in [2.45, 2.75) is 39.2 Å². The number of rotatable bonds is 4. The van der Waals surface area contributed by atoms with Gasteiger partial charge < -0.3 is 10.0 Å². The molecule has 1 aromatic carbocycles. The van der Waals surface area contributed by atoms with Gasteiger partial charge in [0.25, 0.3) is 0 Å². The molecular weight excluding hydrogens is 334 g/mol. The molecule has 1 fully saturated rings. The number of likely N-dealkylation sites (tertiary alicyclic amines) is 1. The van der Waals surface area contributed by atoms with Gasteiger partial charge in [-0.3, -0.25) is 9.59 Å². The molecule has 1 aromatic rings. The smallest absolute Gasteiger partial charge is 0.309 e. The van der Waals surface area contributed by atoms with Crippen LogP contribution in [0.5, 0.6) is 0 Å². The van der Waals surface area contributed by atoms with E-state index in [2.05, 4.69) is 15.9 Å². The van der Waals surface area contributed by atoms with Crippen molar-refractivity contribution < 1.29 is 14.7 Å². The number of amides is 1. The fraction of sp³-hybridized carbons (Fsp3) is 0.500. The van der Waals surface area contributed by atoms with E-state index < -0.39 is 11.4 Å². The fourth-order valence-corrected chi connectivity index (χ4v) is 3.10. The summed E-state index contributed by atoms with van der Waals surface area (Å²) in [6.07, 6.45) is 1.92. The summed E-state index contributed by atoms with van der Waals surface area (Å²) in [5.74, 6) is -1.01. The Bertz CT molecular complexity index is 556. The van der Waals surface area contributed by atoms with Gasteiger partial charge in [0, 0.05) is 17.4 Å². The molecule has 1 aliphatic heterocycles. The standard InChI is InChI=1S/C16H20BrNO3/c1-16(2,15(20)21)10-14(19)18-8-4-7-13(18)11-5-3-6-12(17)9-11/h3,5-6,9,13H,4,7-8,10H2,1-2H3,(H,20,21). The summed E-state index contributed by atoms with van der Waals surface area (Å²) >= 11 is 3.45. The number of carboxylic acid groups (broad SMARTS) is 1. The van der Waals surface area contributed by atoms with E-state index in [9.17, 15) is 14.7 Å². The number of carbonyl (C=O) groups excluding carboxylic acids is 1. The van der Waals surface area contributed by atoms with E-state index in [1.54, 1.807) is 13.8 Å². The summed E-state index contributed by atoms with van der Waals surface area (Å²) in [6, 6.07) is 8.02. The summed E-state index contributed by atoms with van der Waals surface area (Å²) < 4.78 is 0.991. The molecule has 5 heteroatoms. The van der Waals surface area contributed by atoms with Crippen molar-refractivity contribution >= 4 is 27.8 Å². The van der Waals surface area contributed by atoms with Crippen LogP contribution in [0.15, 0.2) is 28.7 Å². The molecular formula is C16H20BrNO3. The number of hydrogen-bond acceptors (Lipinski definition) is 2. The Kier molecular flexibility index (Phi) is 4.71. The summed E-state index contributed by atoms with van der Waals surface area (Å²) in [6.45, 7) is 3.89. The topological polar surface area (TPSA) is 57.6 Å². The summed E-state index contributed by atoms with van der Waals surface area (Å²) in [5, 5.41) is 9.18. The molecule has 0 aromatic heterocycles. The number of hydrogen-bond donors (Lipinski definition) is 1. The minimum atomic E-state index is -1.03. The van der Waals surface area contributed by atoms with Crippen LogP contribution in [-0.2, 0) is 9.59 Å². The average molecular weight is 354 g/mol. The van der Waals surface area contributed by atoms with Crippen LogP contribution in [0.4, 0.5) is 0 Å². The second-order valence-electron chi connectivity index (χ2n) is 6.17. The molecule has 1 atom stereocenters. The third-order valence-electron chi connectivity index (χ3n) is 3.98. The van der Waals surface area contributed by atoms with Crippen LogP contribution >= 0.6 is 15.9 Å². The van der Waals surface area contributed by atoms with Crippen molar-refractivity contribution in [1.29, 1.82) is 0 Å². The Labute approximate surface area is 133 Å². The number of halogens is 1. The first-order valence-electron chi connectivity index (χ1n) is 7.09. The Morgan fingerprint density at radius 2 is 2.14 bits per heavy atom. The number of carbonyl (C=O) groups is 2. The maximum atomic E-state index is 12.5. The third kappa shape index (κ3) is 3.64. The van der Waals surface area contributed by atoms with Crippen molar-refractivity contribution in [3.05, 3.63) is 34.3 Å². The predicted octanol–water partition coefficient (Wildman–Crippen LogP) is 3.61. The zero-order valence-electron chi connectivity index (χ0n) is 12.3. The van der Waals surface area contributed by atoms with E-state index in [4.69, 9.17) is 0 Å². The Hall–Kier alpha value is -1.36. The first kappa shape index (κ1) is 16.0. The van der Waals surface area contributed by atoms with Gasteiger partial charge in [0.2, 0.25) is 5.91 Å². The molecule has 0 spiro atoms. The van der Waals surface area contributed by atoms with E-state index >= 15 is 0 Å². The van der Waals surface area contributed by atoms with Crippen LogP contribution in [0.1, 0.15) is 44.7 Å². The van der Waals surface area contributed by atoms with Gasteiger partial charge >= 0.3 is 5.97 Å². The highest BCUT2D eigenvalue weighted by molar-refractivity contribution is 9.10. The summed E-state index contributed by atoms with van der Waals surface area (Å²) in [7, 11) is 0. The van der Waals surface area contributed by atoms with Gasteiger partial charge in [-0.1, -0.05) is 28.1 Å². The molecule has 1 heterocycles. The van der Waals surface area contributed by atoms with Gasteiger partial charge in [-0.25, -0.2) is 0 Å². The molecule has 1 unspecified atom stereocenters. The molecule has 114 valence electrons. The van der Waals surface area contributed by atoms with Crippen LogP contribution in [-0.4, -0.2) is 28.4 Å². The van der Waals surface area contributed by atoms with Gasteiger partial charge in [-0.2, -0.15) is 0 Å². The molecule has 21 heavy (non-hydrogen) atoms. The highest BCUT2D eigenvalue weighted by Crippen LogP contribution is 2.35. The molecule has 1 saturated heterocycles. The SMILES string of the molecule is CC(C)(CC(=O)N1CCCC1c1cccc(Br)c1)C(=O)O. The lowest BCUT2D eigenvalue weighted by Crippen LogP contribution is -2.36. The van der Waals surface area contributed by atoms with Gasteiger partial charge in [0.15, 0.2) is 0 Å². The van der Waals surface area contributed by atoms with Crippen LogP contribution < -0.4 is 0 Å². The normalized spacial score (nSPS) is 18.8. The molecule has 0 bridgehead atoms. The monoisotopic (exact) mass is 353 g/mol.